The summed E-state index contributed by atoms with van der Waals surface area (Å²) >= 11 is 0. The number of anilines is 1. The Morgan fingerprint density at radius 1 is 1.35 bits per heavy atom. The van der Waals surface area contributed by atoms with Crippen LogP contribution in [0.5, 0.6) is 0 Å². The van der Waals surface area contributed by atoms with Crippen LogP contribution in [0.15, 0.2) is 12.1 Å². The number of aliphatic hydroxyl groups excluding tert-OH is 1. The highest BCUT2D eigenvalue weighted by molar-refractivity contribution is 5.43. The van der Waals surface area contributed by atoms with E-state index in [0.717, 1.165) is 43.0 Å². The van der Waals surface area contributed by atoms with E-state index in [2.05, 4.69) is 9.88 Å². The number of pyridine rings is 1. The molecule has 1 aliphatic rings. The normalized spacial score (nSPS) is 19.4. The highest BCUT2D eigenvalue weighted by Crippen LogP contribution is 2.25. The zero-order valence-corrected chi connectivity index (χ0v) is 10.5. The number of aryl methyl sites for hydroxylation is 1. The van der Waals surface area contributed by atoms with Gasteiger partial charge >= 0.3 is 0 Å². The Morgan fingerprint density at radius 3 is 2.59 bits per heavy atom. The lowest BCUT2D eigenvalue weighted by molar-refractivity contribution is 0.0350. The molecule has 1 aromatic heterocycles. The maximum absolute atomic E-state index is 9.91. The summed E-state index contributed by atoms with van der Waals surface area (Å²) in [5, 5.41) is 19.1. The van der Waals surface area contributed by atoms with Gasteiger partial charge < -0.3 is 15.1 Å². The first kappa shape index (κ1) is 12.3. The summed E-state index contributed by atoms with van der Waals surface area (Å²) in [7, 11) is 0. The van der Waals surface area contributed by atoms with Crippen LogP contribution < -0.4 is 4.90 Å². The van der Waals surface area contributed by atoms with E-state index in [9.17, 15) is 10.2 Å². The van der Waals surface area contributed by atoms with Gasteiger partial charge in [-0.3, -0.25) is 0 Å². The van der Waals surface area contributed by atoms with Gasteiger partial charge in [-0.25, -0.2) is 4.98 Å². The van der Waals surface area contributed by atoms with Crippen molar-refractivity contribution in [3.05, 3.63) is 23.4 Å². The highest BCUT2D eigenvalue weighted by Gasteiger charge is 2.27. The van der Waals surface area contributed by atoms with Gasteiger partial charge in [-0.2, -0.15) is 0 Å². The van der Waals surface area contributed by atoms with Gasteiger partial charge in [0.2, 0.25) is 0 Å². The highest BCUT2D eigenvalue weighted by atomic mass is 16.3. The second-order valence-corrected chi connectivity index (χ2v) is 5.12. The number of piperidine rings is 1. The minimum Gasteiger partial charge on any atom is -0.392 e. The zero-order valence-electron chi connectivity index (χ0n) is 10.5. The van der Waals surface area contributed by atoms with Crippen LogP contribution in [-0.4, -0.2) is 33.9 Å². The van der Waals surface area contributed by atoms with Crippen LogP contribution in [0, 0.1) is 6.92 Å². The van der Waals surface area contributed by atoms with Crippen LogP contribution >= 0.6 is 0 Å². The Bertz CT molecular complexity index is 394. The minimum absolute atomic E-state index is 0.0436. The van der Waals surface area contributed by atoms with E-state index in [1.54, 1.807) is 0 Å². The molecule has 0 aromatic carbocycles. The average Bonchev–Trinajstić information content (AvgIpc) is 2.28. The number of nitrogens with zero attached hydrogens (tertiary/aromatic N) is 2. The van der Waals surface area contributed by atoms with Crippen molar-refractivity contribution in [2.45, 2.75) is 38.9 Å². The molecule has 17 heavy (non-hydrogen) atoms. The fourth-order valence-electron chi connectivity index (χ4n) is 2.19. The number of rotatable bonds is 2. The van der Waals surface area contributed by atoms with Gasteiger partial charge in [-0.05, 0) is 44.4 Å². The second-order valence-electron chi connectivity index (χ2n) is 5.12. The summed E-state index contributed by atoms with van der Waals surface area (Å²) < 4.78 is 0. The van der Waals surface area contributed by atoms with E-state index in [-0.39, 0.29) is 6.61 Å². The van der Waals surface area contributed by atoms with Crippen molar-refractivity contribution in [2.24, 2.45) is 0 Å². The third kappa shape index (κ3) is 2.96. The van der Waals surface area contributed by atoms with E-state index in [1.165, 1.54) is 0 Å². The molecule has 2 heterocycles. The van der Waals surface area contributed by atoms with E-state index in [0.29, 0.717) is 0 Å². The SMILES string of the molecule is Cc1cc(CO)cc(N2CCC(C)(O)CC2)n1. The summed E-state index contributed by atoms with van der Waals surface area (Å²) in [5.41, 5.74) is 1.27. The van der Waals surface area contributed by atoms with E-state index < -0.39 is 5.60 Å². The molecule has 0 atom stereocenters. The minimum atomic E-state index is -0.542. The molecule has 1 saturated heterocycles. The predicted molar refractivity (Wildman–Crippen MR) is 67.0 cm³/mol. The van der Waals surface area contributed by atoms with Crippen LogP contribution in [-0.2, 0) is 6.61 Å². The van der Waals surface area contributed by atoms with Crippen LogP contribution in [0.3, 0.4) is 0 Å². The van der Waals surface area contributed by atoms with Crippen molar-refractivity contribution in [3.63, 3.8) is 0 Å². The van der Waals surface area contributed by atoms with Crippen molar-refractivity contribution >= 4 is 5.82 Å². The molecule has 1 aliphatic heterocycles. The largest absolute Gasteiger partial charge is 0.392 e. The molecule has 0 spiro atoms. The first-order valence-electron chi connectivity index (χ1n) is 6.06. The zero-order chi connectivity index (χ0) is 12.5. The van der Waals surface area contributed by atoms with Crippen LogP contribution in [0.1, 0.15) is 31.0 Å². The molecule has 2 rings (SSSR count). The Labute approximate surface area is 102 Å². The Kier molecular flexibility index (Phi) is 3.35. The molecule has 1 fully saturated rings. The van der Waals surface area contributed by atoms with Gasteiger partial charge in [0.15, 0.2) is 0 Å². The molecular formula is C13H20N2O2. The first-order chi connectivity index (χ1) is 8.00. The molecule has 2 N–H and O–H groups in total. The number of hydrogen-bond donors (Lipinski definition) is 2. The van der Waals surface area contributed by atoms with E-state index in [1.807, 2.05) is 26.0 Å². The lowest BCUT2D eigenvalue weighted by Crippen LogP contribution is -2.42. The molecule has 0 unspecified atom stereocenters. The average molecular weight is 236 g/mol. The van der Waals surface area contributed by atoms with Gasteiger partial charge in [0, 0.05) is 18.8 Å². The van der Waals surface area contributed by atoms with Crippen LogP contribution in [0.25, 0.3) is 0 Å². The third-order valence-electron chi connectivity index (χ3n) is 3.35. The Morgan fingerprint density at radius 2 is 2.00 bits per heavy atom. The first-order valence-corrected chi connectivity index (χ1v) is 6.06. The topological polar surface area (TPSA) is 56.6 Å². The second kappa shape index (κ2) is 4.63. The van der Waals surface area contributed by atoms with E-state index >= 15 is 0 Å². The molecule has 0 bridgehead atoms. The van der Waals surface area contributed by atoms with Gasteiger partial charge in [-0.15, -0.1) is 0 Å². The summed E-state index contributed by atoms with van der Waals surface area (Å²) in [6.45, 7) is 5.49. The van der Waals surface area contributed by atoms with Gasteiger partial charge in [0.05, 0.1) is 12.2 Å². The molecule has 4 heteroatoms. The van der Waals surface area contributed by atoms with E-state index in [4.69, 9.17) is 0 Å². The third-order valence-corrected chi connectivity index (χ3v) is 3.35. The number of aromatic nitrogens is 1. The summed E-state index contributed by atoms with van der Waals surface area (Å²) in [5.74, 6) is 0.907. The van der Waals surface area contributed by atoms with Crippen molar-refractivity contribution in [2.75, 3.05) is 18.0 Å². The molecule has 4 nitrogen and oxygen atoms in total. The lowest BCUT2D eigenvalue weighted by atomic mass is 9.94. The molecule has 1 aromatic rings. The lowest BCUT2D eigenvalue weighted by Gasteiger charge is -2.36. The molecule has 0 amide bonds. The molecular weight excluding hydrogens is 216 g/mol. The molecule has 0 radical (unpaired) electrons. The van der Waals surface area contributed by atoms with Crippen LogP contribution in [0.4, 0.5) is 5.82 Å². The maximum Gasteiger partial charge on any atom is 0.129 e. The summed E-state index contributed by atoms with van der Waals surface area (Å²) in [6.07, 6.45) is 1.52. The van der Waals surface area contributed by atoms with Crippen molar-refractivity contribution in [1.29, 1.82) is 0 Å². The van der Waals surface area contributed by atoms with Gasteiger partial charge in [0.1, 0.15) is 5.82 Å². The predicted octanol–water partition coefficient (Wildman–Crippen LogP) is 1.23. The molecule has 0 saturated carbocycles. The standard InChI is InChI=1S/C13H20N2O2/c1-10-7-11(9-16)8-12(14-10)15-5-3-13(2,17)4-6-15/h7-8,16-17H,3-6,9H2,1-2H3. The quantitative estimate of drug-likeness (QED) is 0.811. The number of hydrogen-bond acceptors (Lipinski definition) is 4. The maximum atomic E-state index is 9.91. The Balaban J connectivity index is 2.15. The van der Waals surface area contributed by atoms with Gasteiger partial charge in [-0.1, -0.05) is 0 Å². The fourth-order valence-corrected chi connectivity index (χ4v) is 2.19. The molecule has 94 valence electrons. The van der Waals surface area contributed by atoms with Crippen molar-refractivity contribution in [1.82, 2.24) is 4.98 Å². The summed E-state index contributed by atoms with van der Waals surface area (Å²) in [4.78, 5) is 6.66. The molecule has 0 aliphatic carbocycles. The van der Waals surface area contributed by atoms with Gasteiger partial charge in [0.25, 0.3) is 0 Å². The fraction of sp³-hybridized carbons (Fsp3) is 0.615. The number of aliphatic hydroxyl groups is 2. The van der Waals surface area contributed by atoms with Crippen molar-refractivity contribution in [3.8, 4) is 0 Å². The Hall–Kier alpha value is -1.13. The monoisotopic (exact) mass is 236 g/mol. The smallest absolute Gasteiger partial charge is 0.129 e. The van der Waals surface area contributed by atoms with Crippen molar-refractivity contribution < 1.29 is 10.2 Å². The van der Waals surface area contributed by atoms with Crippen LogP contribution in [0.2, 0.25) is 0 Å². The summed E-state index contributed by atoms with van der Waals surface area (Å²) in [6, 6.07) is 3.82.